The highest BCUT2D eigenvalue weighted by molar-refractivity contribution is 14.0. The maximum Gasteiger partial charge on any atom is 0.240 e. The lowest BCUT2D eigenvalue weighted by atomic mass is 9.95. The van der Waals surface area contributed by atoms with Gasteiger partial charge in [0.1, 0.15) is 0 Å². The molecule has 2 atom stereocenters. The van der Waals surface area contributed by atoms with E-state index in [0.717, 1.165) is 30.9 Å². The Morgan fingerprint density at radius 3 is 2.83 bits per heavy atom. The van der Waals surface area contributed by atoms with E-state index in [2.05, 4.69) is 26.6 Å². The molecule has 1 aliphatic carbocycles. The number of nitrogens with one attached hydrogen (secondary N) is 3. The van der Waals surface area contributed by atoms with E-state index in [9.17, 15) is 8.42 Å². The summed E-state index contributed by atoms with van der Waals surface area (Å²) in [5.41, 5.74) is 0.849. The quantitative estimate of drug-likeness (QED) is 0.174. The summed E-state index contributed by atoms with van der Waals surface area (Å²) in [6, 6.07) is 7.34. The van der Waals surface area contributed by atoms with Crippen LogP contribution >= 0.6 is 35.7 Å². The van der Waals surface area contributed by atoms with E-state index in [4.69, 9.17) is 4.74 Å². The van der Waals surface area contributed by atoms with Crippen LogP contribution in [0.3, 0.4) is 0 Å². The number of sulfonamides is 1. The number of guanidine groups is 1. The molecule has 0 spiro atoms. The molecule has 172 valence electrons. The molecule has 1 fully saturated rings. The summed E-state index contributed by atoms with van der Waals surface area (Å²) in [5, 5.41) is 7.56. The third-order valence-electron chi connectivity index (χ3n) is 4.87. The van der Waals surface area contributed by atoms with Crippen LogP contribution in [-0.2, 0) is 21.3 Å². The first kappa shape index (κ1) is 27.5. The minimum Gasteiger partial charge on any atom is -0.383 e. The molecule has 1 aromatic carbocycles. The van der Waals surface area contributed by atoms with Gasteiger partial charge < -0.3 is 15.4 Å². The first-order chi connectivity index (χ1) is 14.0. The van der Waals surface area contributed by atoms with Crippen LogP contribution in [0.5, 0.6) is 0 Å². The second-order valence-electron chi connectivity index (χ2n) is 7.10. The van der Waals surface area contributed by atoms with Crippen LogP contribution in [-0.4, -0.2) is 58.7 Å². The standard InChI is InChI=1S/C20H34N4O3S2.HI/c1-4-21-20(24-17-8-6-9-18(14-17)28-3)22-15-16-7-5-10-19(13-16)29(25,26)23-11-12-27-2;/h5,7,10,13,17-18,23H,4,6,8-9,11-12,14-15H2,1-3H3,(H2,21,22,24);1H. The van der Waals surface area contributed by atoms with Crippen LogP contribution in [0.1, 0.15) is 38.2 Å². The van der Waals surface area contributed by atoms with Gasteiger partial charge in [-0.1, -0.05) is 18.6 Å². The normalized spacial score (nSPS) is 19.8. The summed E-state index contributed by atoms with van der Waals surface area (Å²) in [7, 11) is -2.01. The molecule has 0 aromatic heterocycles. The first-order valence-corrected chi connectivity index (χ1v) is 12.9. The van der Waals surface area contributed by atoms with E-state index >= 15 is 0 Å². The Balaban J connectivity index is 0.00000450. The van der Waals surface area contributed by atoms with Crippen LogP contribution in [0.25, 0.3) is 0 Å². The van der Waals surface area contributed by atoms with Gasteiger partial charge in [0.15, 0.2) is 5.96 Å². The van der Waals surface area contributed by atoms with E-state index in [-0.39, 0.29) is 35.4 Å². The molecule has 0 aliphatic heterocycles. The van der Waals surface area contributed by atoms with Gasteiger partial charge in [-0.3, -0.25) is 0 Å². The van der Waals surface area contributed by atoms with Crippen LogP contribution in [0.2, 0.25) is 0 Å². The maximum atomic E-state index is 12.4. The summed E-state index contributed by atoms with van der Waals surface area (Å²) in [5.74, 6) is 0.783. The van der Waals surface area contributed by atoms with Gasteiger partial charge in [0.25, 0.3) is 0 Å². The molecule has 0 bridgehead atoms. The zero-order valence-electron chi connectivity index (χ0n) is 18.0. The maximum absolute atomic E-state index is 12.4. The fraction of sp³-hybridized carbons (Fsp3) is 0.650. The van der Waals surface area contributed by atoms with E-state index in [1.54, 1.807) is 18.2 Å². The van der Waals surface area contributed by atoms with Crippen molar-refractivity contribution in [3.05, 3.63) is 29.8 Å². The lowest BCUT2D eigenvalue weighted by molar-refractivity contribution is 0.204. The first-order valence-electron chi connectivity index (χ1n) is 10.1. The van der Waals surface area contributed by atoms with Gasteiger partial charge in [-0.25, -0.2) is 18.1 Å². The average Bonchev–Trinajstić information content (AvgIpc) is 2.72. The molecule has 0 radical (unpaired) electrons. The molecular formula is C20H35IN4O3S2. The smallest absolute Gasteiger partial charge is 0.240 e. The predicted octanol–water partition coefficient (Wildman–Crippen LogP) is 2.96. The fourth-order valence-electron chi connectivity index (χ4n) is 3.35. The SMILES string of the molecule is CCNC(=NCc1cccc(S(=O)(=O)NCCOC)c1)NC1CCCC(SC)C1.I. The number of benzene rings is 1. The largest absolute Gasteiger partial charge is 0.383 e. The van der Waals surface area contributed by atoms with Gasteiger partial charge in [-0.05, 0) is 50.1 Å². The van der Waals surface area contributed by atoms with Crippen molar-refractivity contribution < 1.29 is 13.2 Å². The average molecular weight is 571 g/mol. The summed E-state index contributed by atoms with van der Waals surface area (Å²) in [6.45, 7) is 3.81. The predicted molar refractivity (Wildman–Crippen MR) is 136 cm³/mol. The zero-order valence-corrected chi connectivity index (χ0v) is 22.0. The summed E-state index contributed by atoms with van der Waals surface area (Å²) in [6.07, 6.45) is 7.00. The van der Waals surface area contributed by atoms with Crippen LogP contribution in [0, 0.1) is 0 Å². The topological polar surface area (TPSA) is 91.8 Å². The number of aliphatic imine (C=N–C) groups is 1. The molecule has 2 rings (SSSR count). The van der Waals surface area contributed by atoms with Gasteiger partial charge in [0.2, 0.25) is 10.0 Å². The third kappa shape index (κ3) is 9.29. The Morgan fingerprint density at radius 2 is 2.13 bits per heavy atom. The highest BCUT2D eigenvalue weighted by Crippen LogP contribution is 2.26. The van der Waals surface area contributed by atoms with E-state index in [1.807, 2.05) is 24.8 Å². The molecule has 2 unspecified atom stereocenters. The summed E-state index contributed by atoms with van der Waals surface area (Å²) < 4.78 is 32.2. The number of hydrogen-bond donors (Lipinski definition) is 3. The van der Waals surface area contributed by atoms with Gasteiger partial charge in [-0.2, -0.15) is 11.8 Å². The Morgan fingerprint density at radius 1 is 1.33 bits per heavy atom. The molecule has 1 aromatic rings. The van der Waals surface area contributed by atoms with Crippen molar-refractivity contribution in [2.45, 2.75) is 55.3 Å². The van der Waals surface area contributed by atoms with E-state index in [0.29, 0.717) is 24.4 Å². The molecule has 0 heterocycles. The van der Waals surface area contributed by atoms with Crippen LogP contribution in [0.4, 0.5) is 0 Å². The number of thioether (sulfide) groups is 1. The van der Waals surface area contributed by atoms with Crippen molar-refractivity contribution >= 4 is 51.7 Å². The monoisotopic (exact) mass is 570 g/mol. The van der Waals surface area contributed by atoms with Crippen molar-refractivity contribution in [2.75, 3.05) is 33.1 Å². The molecular weight excluding hydrogens is 535 g/mol. The number of hydrogen-bond acceptors (Lipinski definition) is 5. The van der Waals surface area contributed by atoms with Crippen LogP contribution < -0.4 is 15.4 Å². The van der Waals surface area contributed by atoms with Gasteiger partial charge in [0, 0.05) is 31.5 Å². The number of ether oxygens (including phenoxy) is 1. The summed E-state index contributed by atoms with van der Waals surface area (Å²) in [4.78, 5) is 4.92. The molecule has 7 nitrogen and oxygen atoms in total. The molecule has 3 N–H and O–H groups in total. The molecule has 1 saturated carbocycles. The van der Waals surface area contributed by atoms with Crippen molar-refractivity contribution in [3.63, 3.8) is 0 Å². The third-order valence-corrected chi connectivity index (χ3v) is 7.42. The molecule has 30 heavy (non-hydrogen) atoms. The number of nitrogens with zero attached hydrogens (tertiary/aromatic N) is 1. The molecule has 0 amide bonds. The van der Waals surface area contributed by atoms with Crippen molar-refractivity contribution in [1.29, 1.82) is 0 Å². The van der Waals surface area contributed by atoms with Crippen molar-refractivity contribution in [2.24, 2.45) is 4.99 Å². The Bertz CT molecular complexity index is 762. The highest BCUT2D eigenvalue weighted by Gasteiger charge is 2.22. The zero-order chi connectivity index (χ0) is 21.1. The number of halogens is 1. The lowest BCUT2D eigenvalue weighted by Crippen LogP contribution is -2.45. The second-order valence-corrected chi connectivity index (χ2v) is 10.0. The minimum atomic E-state index is -3.55. The minimum absolute atomic E-state index is 0. The Labute approximate surface area is 202 Å². The number of methoxy groups -OCH3 is 1. The fourth-order valence-corrected chi connectivity index (χ4v) is 5.26. The van der Waals surface area contributed by atoms with Crippen molar-refractivity contribution in [1.82, 2.24) is 15.4 Å². The Kier molecular flexibility index (Phi) is 13.3. The Hall–Kier alpha value is -0.560. The lowest BCUT2D eigenvalue weighted by Gasteiger charge is -2.29. The van der Waals surface area contributed by atoms with Crippen LogP contribution in [0.15, 0.2) is 34.2 Å². The van der Waals surface area contributed by atoms with Crippen molar-refractivity contribution in [3.8, 4) is 0 Å². The van der Waals surface area contributed by atoms with E-state index in [1.165, 1.54) is 20.0 Å². The number of rotatable bonds is 10. The summed E-state index contributed by atoms with van der Waals surface area (Å²) >= 11 is 1.94. The second kappa shape index (κ2) is 14.5. The van der Waals surface area contributed by atoms with E-state index < -0.39 is 10.0 Å². The molecule has 10 heteroatoms. The highest BCUT2D eigenvalue weighted by atomic mass is 127. The van der Waals surface area contributed by atoms with Gasteiger partial charge in [-0.15, -0.1) is 24.0 Å². The molecule has 0 saturated heterocycles. The van der Waals surface area contributed by atoms with Gasteiger partial charge >= 0.3 is 0 Å². The van der Waals surface area contributed by atoms with Gasteiger partial charge in [0.05, 0.1) is 18.0 Å². The molecule has 1 aliphatic rings.